The van der Waals surface area contributed by atoms with Gasteiger partial charge in [0.2, 0.25) is 0 Å². The minimum absolute atomic E-state index is 0.751. The van der Waals surface area contributed by atoms with E-state index in [1.165, 1.54) is 6.42 Å². The molecule has 1 aliphatic carbocycles. The fraction of sp³-hybridized carbons (Fsp3) is 0.545. The number of rotatable bonds is 3. The Morgan fingerprint density at radius 3 is 3.00 bits per heavy atom. The predicted molar refractivity (Wildman–Crippen MR) is 59.7 cm³/mol. The van der Waals surface area contributed by atoms with E-state index < -0.39 is 0 Å². The van der Waals surface area contributed by atoms with Crippen LogP contribution in [0.1, 0.15) is 18.9 Å². The highest BCUT2D eigenvalue weighted by atomic mass is 35.5. The summed E-state index contributed by atoms with van der Waals surface area (Å²) in [6.45, 7) is 5.27. The highest BCUT2D eigenvalue weighted by molar-refractivity contribution is 6.33. The molecule has 1 saturated carbocycles. The maximum Gasteiger partial charge on any atom is 0.145 e. The van der Waals surface area contributed by atoms with Crippen molar-refractivity contribution in [3.05, 3.63) is 22.8 Å². The normalized spacial score (nSPS) is 24.8. The number of aryl methyl sites for hydroxylation is 1. The average molecular weight is 211 g/mol. The van der Waals surface area contributed by atoms with Crippen LogP contribution in [-0.4, -0.2) is 11.5 Å². The molecule has 1 aliphatic rings. The van der Waals surface area contributed by atoms with Crippen LogP contribution in [0.25, 0.3) is 0 Å². The van der Waals surface area contributed by atoms with Gasteiger partial charge in [0.1, 0.15) is 5.82 Å². The summed E-state index contributed by atoms with van der Waals surface area (Å²) < 4.78 is 0. The number of hydrogen-bond acceptors (Lipinski definition) is 2. The summed E-state index contributed by atoms with van der Waals surface area (Å²) in [4.78, 5) is 4.22. The van der Waals surface area contributed by atoms with Crippen LogP contribution in [0.2, 0.25) is 5.02 Å². The van der Waals surface area contributed by atoms with Crippen LogP contribution in [0.4, 0.5) is 5.82 Å². The van der Waals surface area contributed by atoms with E-state index in [1.807, 2.05) is 13.0 Å². The van der Waals surface area contributed by atoms with E-state index >= 15 is 0 Å². The molecule has 2 rings (SSSR count). The van der Waals surface area contributed by atoms with Crippen molar-refractivity contribution in [1.82, 2.24) is 4.98 Å². The third-order valence-electron chi connectivity index (χ3n) is 2.89. The monoisotopic (exact) mass is 210 g/mol. The first-order valence-corrected chi connectivity index (χ1v) is 5.41. The van der Waals surface area contributed by atoms with Crippen molar-refractivity contribution in [2.75, 3.05) is 11.9 Å². The Labute approximate surface area is 89.7 Å². The summed E-state index contributed by atoms with van der Waals surface area (Å²) in [5.41, 5.74) is 1.08. The molecule has 2 unspecified atom stereocenters. The fourth-order valence-electron chi connectivity index (χ4n) is 1.57. The number of nitrogens with zero attached hydrogens (tertiary/aromatic N) is 1. The lowest BCUT2D eigenvalue weighted by molar-refractivity contribution is 0.784. The van der Waals surface area contributed by atoms with E-state index in [4.69, 9.17) is 11.6 Å². The number of pyridine rings is 1. The van der Waals surface area contributed by atoms with Gasteiger partial charge in [0.15, 0.2) is 0 Å². The van der Waals surface area contributed by atoms with Crippen LogP contribution < -0.4 is 5.32 Å². The fourth-order valence-corrected chi connectivity index (χ4v) is 1.75. The Balaban J connectivity index is 1.98. The van der Waals surface area contributed by atoms with Crippen molar-refractivity contribution in [3.8, 4) is 0 Å². The van der Waals surface area contributed by atoms with E-state index in [-0.39, 0.29) is 0 Å². The quantitative estimate of drug-likeness (QED) is 0.830. The molecule has 76 valence electrons. The SMILES string of the molecule is Cc1ccnc(NCC2CC2C)c1Cl. The van der Waals surface area contributed by atoms with Gasteiger partial charge in [-0.3, -0.25) is 0 Å². The molecule has 0 bridgehead atoms. The summed E-state index contributed by atoms with van der Waals surface area (Å²) in [6, 6.07) is 1.92. The van der Waals surface area contributed by atoms with Crippen LogP contribution in [0.15, 0.2) is 12.3 Å². The standard InChI is InChI=1S/C11H15ClN2/c1-7-3-4-13-11(10(7)12)14-6-9-5-8(9)2/h3-4,8-9H,5-6H2,1-2H3,(H,13,14). The first kappa shape index (κ1) is 9.78. The molecule has 1 heterocycles. The molecule has 14 heavy (non-hydrogen) atoms. The van der Waals surface area contributed by atoms with Gasteiger partial charge in [0.25, 0.3) is 0 Å². The van der Waals surface area contributed by atoms with Gasteiger partial charge >= 0.3 is 0 Å². The van der Waals surface area contributed by atoms with Crippen molar-refractivity contribution in [3.63, 3.8) is 0 Å². The van der Waals surface area contributed by atoms with Gasteiger partial charge in [0.05, 0.1) is 5.02 Å². The van der Waals surface area contributed by atoms with Gasteiger partial charge in [-0.15, -0.1) is 0 Å². The second kappa shape index (κ2) is 3.77. The summed E-state index contributed by atoms with van der Waals surface area (Å²) in [5.74, 6) is 2.50. The van der Waals surface area contributed by atoms with Crippen LogP contribution >= 0.6 is 11.6 Å². The Kier molecular flexibility index (Phi) is 2.64. The minimum Gasteiger partial charge on any atom is -0.369 e. The first-order valence-electron chi connectivity index (χ1n) is 5.03. The van der Waals surface area contributed by atoms with Gasteiger partial charge in [-0.25, -0.2) is 4.98 Å². The third-order valence-corrected chi connectivity index (χ3v) is 3.37. The Hall–Kier alpha value is -0.760. The molecular formula is C11H15ClN2. The largest absolute Gasteiger partial charge is 0.369 e. The molecule has 1 aromatic rings. The van der Waals surface area contributed by atoms with Gasteiger partial charge in [-0.1, -0.05) is 18.5 Å². The van der Waals surface area contributed by atoms with Crippen LogP contribution in [0, 0.1) is 18.8 Å². The number of hydrogen-bond donors (Lipinski definition) is 1. The molecule has 0 amide bonds. The Morgan fingerprint density at radius 2 is 2.36 bits per heavy atom. The number of halogens is 1. The van der Waals surface area contributed by atoms with Gasteiger partial charge in [-0.2, -0.15) is 0 Å². The summed E-state index contributed by atoms with van der Waals surface area (Å²) in [7, 11) is 0. The van der Waals surface area contributed by atoms with E-state index in [9.17, 15) is 0 Å². The molecule has 1 aromatic heterocycles. The highest BCUT2D eigenvalue weighted by Gasteiger charge is 2.32. The Bertz CT molecular complexity index is 338. The van der Waals surface area contributed by atoms with Gasteiger partial charge in [-0.05, 0) is 36.8 Å². The predicted octanol–water partition coefficient (Wildman–Crippen LogP) is 3.11. The smallest absolute Gasteiger partial charge is 0.145 e. The maximum atomic E-state index is 6.11. The van der Waals surface area contributed by atoms with Crippen molar-refractivity contribution < 1.29 is 0 Å². The van der Waals surface area contributed by atoms with Crippen molar-refractivity contribution >= 4 is 17.4 Å². The second-order valence-corrected chi connectivity index (χ2v) is 4.52. The zero-order valence-corrected chi connectivity index (χ0v) is 9.30. The van der Waals surface area contributed by atoms with E-state index in [1.54, 1.807) is 6.20 Å². The van der Waals surface area contributed by atoms with E-state index in [0.29, 0.717) is 0 Å². The van der Waals surface area contributed by atoms with Crippen LogP contribution in [0.3, 0.4) is 0 Å². The van der Waals surface area contributed by atoms with Gasteiger partial charge < -0.3 is 5.32 Å². The highest BCUT2D eigenvalue weighted by Crippen LogP contribution is 2.37. The molecule has 3 heteroatoms. The molecule has 1 N–H and O–H groups in total. The Morgan fingerprint density at radius 1 is 1.64 bits per heavy atom. The lowest BCUT2D eigenvalue weighted by atomic mass is 10.3. The summed E-state index contributed by atoms with van der Waals surface area (Å²) >= 11 is 6.11. The molecular weight excluding hydrogens is 196 g/mol. The zero-order chi connectivity index (χ0) is 10.1. The second-order valence-electron chi connectivity index (χ2n) is 4.14. The lowest BCUT2D eigenvalue weighted by Crippen LogP contribution is -2.06. The zero-order valence-electron chi connectivity index (χ0n) is 8.55. The number of anilines is 1. The molecule has 0 aromatic carbocycles. The average Bonchev–Trinajstić information content (AvgIpc) is 2.85. The summed E-state index contributed by atoms with van der Waals surface area (Å²) in [6.07, 6.45) is 3.12. The summed E-state index contributed by atoms with van der Waals surface area (Å²) in [5, 5.41) is 4.05. The molecule has 0 saturated heterocycles. The maximum absolute atomic E-state index is 6.11. The molecule has 2 atom stereocenters. The van der Waals surface area contributed by atoms with Crippen molar-refractivity contribution in [2.24, 2.45) is 11.8 Å². The van der Waals surface area contributed by atoms with Crippen molar-refractivity contribution in [1.29, 1.82) is 0 Å². The van der Waals surface area contributed by atoms with Crippen molar-refractivity contribution in [2.45, 2.75) is 20.3 Å². The molecule has 0 aliphatic heterocycles. The third kappa shape index (κ3) is 2.01. The van der Waals surface area contributed by atoms with Crippen LogP contribution in [-0.2, 0) is 0 Å². The number of nitrogens with one attached hydrogen (secondary N) is 1. The minimum atomic E-state index is 0.751. The van der Waals surface area contributed by atoms with E-state index in [2.05, 4.69) is 17.2 Å². The number of aromatic nitrogens is 1. The van der Waals surface area contributed by atoms with Gasteiger partial charge in [0, 0.05) is 12.7 Å². The topological polar surface area (TPSA) is 24.9 Å². The molecule has 0 radical (unpaired) electrons. The molecule has 1 fully saturated rings. The van der Waals surface area contributed by atoms with E-state index in [0.717, 1.165) is 34.8 Å². The molecule has 0 spiro atoms. The van der Waals surface area contributed by atoms with Crippen LogP contribution in [0.5, 0.6) is 0 Å². The first-order chi connectivity index (χ1) is 6.68. The lowest BCUT2D eigenvalue weighted by Gasteiger charge is -2.07. The molecule has 2 nitrogen and oxygen atoms in total.